The van der Waals surface area contributed by atoms with Crippen LogP contribution in [-0.4, -0.2) is 15.5 Å². The highest BCUT2D eigenvalue weighted by Gasteiger charge is 2.16. The Balaban J connectivity index is 2.37. The van der Waals surface area contributed by atoms with Gasteiger partial charge in [0.25, 0.3) is 10.0 Å². The number of halogens is 1. The van der Waals surface area contributed by atoms with Crippen LogP contribution in [-0.2, 0) is 10.0 Å². The quantitative estimate of drug-likeness (QED) is 0.850. The molecule has 0 bridgehead atoms. The first-order valence-corrected chi connectivity index (χ1v) is 7.53. The molecule has 0 amide bonds. The van der Waals surface area contributed by atoms with Gasteiger partial charge in [0.05, 0.1) is 17.7 Å². The smallest absolute Gasteiger partial charge is 0.261 e. The van der Waals surface area contributed by atoms with Gasteiger partial charge in [-0.2, -0.15) is 0 Å². The highest BCUT2D eigenvalue weighted by atomic mass is 32.2. The molecule has 112 valence electrons. The lowest BCUT2D eigenvalue weighted by atomic mass is 10.2. The third-order valence-corrected chi connectivity index (χ3v) is 4.15. The van der Waals surface area contributed by atoms with Crippen molar-refractivity contribution in [3.63, 3.8) is 0 Å². The van der Waals surface area contributed by atoms with Crippen LogP contribution in [0.25, 0.3) is 0 Å². The maximum absolute atomic E-state index is 13.3. The Morgan fingerprint density at radius 1 is 1.19 bits per heavy atom. The van der Waals surface area contributed by atoms with Crippen LogP contribution in [0.1, 0.15) is 5.56 Å². The molecule has 0 spiro atoms. The minimum Gasteiger partial charge on any atom is -0.494 e. The molecule has 2 rings (SSSR count). The summed E-state index contributed by atoms with van der Waals surface area (Å²) in [6.07, 6.45) is 0. The van der Waals surface area contributed by atoms with Crippen molar-refractivity contribution in [1.29, 1.82) is 0 Å². The number of anilines is 2. The lowest BCUT2D eigenvalue weighted by Gasteiger charge is -2.11. The number of sulfonamides is 1. The van der Waals surface area contributed by atoms with E-state index < -0.39 is 15.8 Å². The van der Waals surface area contributed by atoms with Gasteiger partial charge in [0, 0.05) is 11.8 Å². The van der Waals surface area contributed by atoms with Crippen molar-refractivity contribution < 1.29 is 17.5 Å². The van der Waals surface area contributed by atoms with E-state index in [1.807, 2.05) is 0 Å². The van der Waals surface area contributed by atoms with Crippen LogP contribution >= 0.6 is 0 Å². The van der Waals surface area contributed by atoms with Gasteiger partial charge in [-0.15, -0.1) is 0 Å². The maximum Gasteiger partial charge on any atom is 0.261 e. The van der Waals surface area contributed by atoms with Gasteiger partial charge in [-0.05, 0) is 42.8 Å². The maximum atomic E-state index is 13.3. The predicted octanol–water partition coefficient (Wildman–Crippen LogP) is 2.53. The molecule has 0 radical (unpaired) electrons. The van der Waals surface area contributed by atoms with Gasteiger partial charge in [-0.25, -0.2) is 12.8 Å². The highest BCUT2D eigenvalue weighted by molar-refractivity contribution is 7.92. The molecule has 0 aliphatic rings. The summed E-state index contributed by atoms with van der Waals surface area (Å²) in [4.78, 5) is 0.0447. The fourth-order valence-corrected chi connectivity index (χ4v) is 3.06. The molecular weight excluding hydrogens is 295 g/mol. The molecule has 0 aliphatic heterocycles. The number of nitrogens with two attached hydrogens (primary N) is 1. The zero-order chi connectivity index (χ0) is 15.6. The topological polar surface area (TPSA) is 81.4 Å². The van der Waals surface area contributed by atoms with Crippen molar-refractivity contribution in [2.45, 2.75) is 11.8 Å². The molecule has 21 heavy (non-hydrogen) atoms. The number of ether oxygens (including phenoxy) is 1. The van der Waals surface area contributed by atoms with Gasteiger partial charge in [-0.3, -0.25) is 4.72 Å². The molecule has 0 unspecified atom stereocenters. The zero-order valence-electron chi connectivity index (χ0n) is 11.6. The Hall–Kier alpha value is -2.28. The van der Waals surface area contributed by atoms with Crippen LogP contribution in [0, 0.1) is 12.7 Å². The molecule has 0 saturated heterocycles. The van der Waals surface area contributed by atoms with Crippen molar-refractivity contribution in [2.24, 2.45) is 0 Å². The van der Waals surface area contributed by atoms with Gasteiger partial charge < -0.3 is 10.5 Å². The molecule has 7 heteroatoms. The van der Waals surface area contributed by atoms with Crippen LogP contribution < -0.4 is 15.2 Å². The fourth-order valence-electron chi connectivity index (χ4n) is 1.87. The summed E-state index contributed by atoms with van der Waals surface area (Å²) in [7, 11) is -2.50. The van der Waals surface area contributed by atoms with Gasteiger partial charge in [0.2, 0.25) is 0 Å². The lowest BCUT2D eigenvalue weighted by molar-refractivity contribution is 0.387. The van der Waals surface area contributed by atoms with E-state index in [4.69, 9.17) is 10.5 Å². The highest BCUT2D eigenvalue weighted by Crippen LogP contribution is 2.24. The molecule has 3 N–H and O–H groups in total. The summed E-state index contributed by atoms with van der Waals surface area (Å²) in [6, 6.07) is 8.23. The zero-order valence-corrected chi connectivity index (χ0v) is 12.4. The molecule has 2 aromatic carbocycles. The van der Waals surface area contributed by atoms with Gasteiger partial charge in [0.1, 0.15) is 0 Å². The second-order valence-electron chi connectivity index (χ2n) is 4.53. The van der Waals surface area contributed by atoms with Crippen molar-refractivity contribution in [2.75, 3.05) is 17.6 Å². The monoisotopic (exact) mass is 310 g/mol. The van der Waals surface area contributed by atoms with Crippen molar-refractivity contribution in [3.05, 3.63) is 47.8 Å². The van der Waals surface area contributed by atoms with Crippen LogP contribution in [0.4, 0.5) is 15.8 Å². The van der Waals surface area contributed by atoms with E-state index in [0.717, 1.165) is 11.6 Å². The Kier molecular flexibility index (Phi) is 4.04. The van der Waals surface area contributed by atoms with Crippen LogP contribution in [0.3, 0.4) is 0 Å². The molecule has 0 aliphatic carbocycles. The number of rotatable bonds is 4. The van der Waals surface area contributed by atoms with Crippen LogP contribution in [0.2, 0.25) is 0 Å². The van der Waals surface area contributed by atoms with Gasteiger partial charge in [0.15, 0.2) is 11.6 Å². The standard InChI is InChI=1S/C14H15FN2O3S/c1-9-5-10(16)7-12(6-9)21(18,19)17-11-3-4-13(15)14(8-11)20-2/h3-8,17H,16H2,1-2H3. The van der Waals surface area contributed by atoms with E-state index in [9.17, 15) is 12.8 Å². The van der Waals surface area contributed by atoms with E-state index >= 15 is 0 Å². The average molecular weight is 310 g/mol. The number of methoxy groups -OCH3 is 1. The summed E-state index contributed by atoms with van der Waals surface area (Å²) < 4.78 is 45.1. The van der Waals surface area contributed by atoms with E-state index in [1.165, 1.54) is 31.4 Å². The number of nitrogen functional groups attached to an aromatic ring is 1. The first-order valence-electron chi connectivity index (χ1n) is 6.05. The third kappa shape index (κ3) is 3.43. The van der Waals surface area contributed by atoms with Crippen LogP contribution in [0.15, 0.2) is 41.3 Å². The number of hydrogen-bond donors (Lipinski definition) is 2. The van der Waals surface area contributed by atoms with E-state index in [1.54, 1.807) is 13.0 Å². The van der Waals surface area contributed by atoms with E-state index in [2.05, 4.69) is 4.72 Å². The molecule has 2 aromatic rings. The predicted molar refractivity (Wildman–Crippen MR) is 79.4 cm³/mol. The van der Waals surface area contributed by atoms with Gasteiger partial charge in [-0.1, -0.05) is 0 Å². The molecule has 0 atom stereocenters. The van der Waals surface area contributed by atoms with E-state index in [0.29, 0.717) is 5.69 Å². The number of nitrogens with one attached hydrogen (secondary N) is 1. The van der Waals surface area contributed by atoms with Crippen molar-refractivity contribution in [3.8, 4) is 5.75 Å². The summed E-state index contributed by atoms with van der Waals surface area (Å²) >= 11 is 0. The van der Waals surface area contributed by atoms with E-state index in [-0.39, 0.29) is 16.3 Å². The Labute approximate surface area is 122 Å². The molecule has 5 nitrogen and oxygen atoms in total. The third-order valence-electron chi connectivity index (χ3n) is 2.79. The Morgan fingerprint density at radius 2 is 1.90 bits per heavy atom. The lowest BCUT2D eigenvalue weighted by Crippen LogP contribution is -2.13. The SMILES string of the molecule is COc1cc(NS(=O)(=O)c2cc(C)cc(N)c2)ccc1F. The minimum atomic E-state index is -3.80. The van der Waals surface area contributed by atoms with Crippen LogP contribution in [0.5, 0.6) is 5.75 Å². The average Bonchev–Trinajstić information content (AvgIpc) is 2.39. The van der Waals surface area contributed by atoms with Crippen molar-refractivity contribution >= 4 is 21.4 Å². The first-order chi connectivity index (χ1) is 9.81. The Morgan fingerprint density at radius 3 is 2.52 bits per heavy atom. The molecule has 0 aromatic heterocycles. The number of hydrogen-bond acceptors (Lipinski definition) is 4. The summed E-state index contributed by atoms with van der Waals surface area (Å²) in [6.45, 7) is 1.75. The van der Waals surface area contributed by atoms with Gasteiger partial charge >= 0.3 is 0 Å². The summed E-state index contributed by atoms with van der Waals surface area (Å²) in [5.74, 6) is -0.612. The largest absolute Gasteiger partial charge is 0.494 e. The van der Waals surface area contributed by atoms with Crippen molar-refractivity contribution in [1.82, 2.24) is 0 Å². The normalized spacial score (nSPS) is 11.2. The first kappa shape index (κ1) is 15.1. The molecule has 0 saturated carbocycles. The molecular formula is C14H15FN2O3S. The molecule has 0 heterocycles. The summed E-state index contributed by atoms with van der Waals surface area (Å²) in [5.41, 5.74) is 6.94. The number of aryl methyl sites for hydroxylation is 1. The Bertz CT molecular complexity index is 756. The minimum absolute atomic E-state index is 0.0426. The fraction of sp³-hybridized carbons (Fsp3) is 0.143. The second kappa shape index (κ2) is 5.61. The molecule has 0 fully saturated rings. The summed E-state index contributed by atoms with van der Waals surface area (Å²) in [5, 5.41) is 0. The second-order valence-corrected chi connectivity index (χ2v) is 6.22. The number of benzene rings is 2.